The summed E-state index contributed by atoms with van der Waals surface area (Å²) in [6.07, 6.45) is 6.19. The zero-order chi connectivity index (χ0) is 21.9. The largest absolute Gasteiger partial charge is 0.459 e. The molecule has 1 atom stereocenters. The Morgan fingerprint density at radius 3 is 2.56 bits per heavy atom. The molecule has 3 aromatic rings. The summed E-state index contributed by atoms with van der Waals surface area (Å²) in [5, 5.41) is 4.22. The van der Waals surface area contributed by atoms with Crippen molar-refractivity contribution in [3.05, 3.63) is 76.1 Å². The molecule has 0 bridgehead atoms. The van der Waals surface area contributed by atoms with E-state index in [-0.39, 0.29) is 11.9 Å². The smallest absolute Gasteiger partial charge is 0.291 e. The first-order valence-electron chi connectivity index (χ1n) is 11.7. The minimum absolute atomic E-state index is 0.153. The maximum atomic E-state index is 12.9. The van der Waals surface area contributed by atoms with Gasteiger partial charge in [-0.05, 0) is 55.5 Å². The van der Waals surface area contributed by atoms with Crippen LogP contribution in [0.5, 0.6) is 0 Å². The first-order valence-corrected chi connectivity index (χ1v) is 12.6. The molecule has 1 saturated heterocycles. The number of aryl methyl sites for hydroxylation is 1. The normalized spacial score (nSPS) is 18.3. The quantitative estimate of drug-likeness (QED) is 0.562. The van der Waals surface area contributed by atoms with Gasteiger partial charge in [-0.25, -0.2) is 0 Å². The molecular formula is C26H31N3O2S. The summed E-state index contributed by atoms with van der Waals surface area (Å²) in [5.41, 5.74) is 4.07. The van der Waals surface area contributed by atoms with Crippen molar-refractivity contribution in [3.8, 4) is 0 Å². The fourth-order valence-electron chi connectivity index (χ4n) is 5.08. The topological polar surface area (TPSA) is 48.7 Å². The Hall–Kier alpha value is -2.41. The van der Waals surface area contributed by atoms with Gasteiger partial charge in [0.2, 0.25) is 0 Å². The predicted molar refractivity (Wildman–Crippen MR) is 130 cm³/mol. The third-order valence-electron chi connectivity index (χ3n) is 6.79. The molecule has 1 amide bonds. The van der Waals surface area contributed by atoms with Crippen molar-refractivity contribution in [3.63, 3.8) is 0 Å². The van der Waals surface area contributed by atoms with E-state index in [2.05, 4.69) is 52.4 Å². The van der Waals surface area contributed by atoms with E-state index in [1.54, 1.807) is 29.7 Å². The van der Waals surface area contributed by atoms with Crippen molar-refractivity contribution in [2.75, 3.05) is 38.0 Å². The summed E-state index contributed by atoms with van der Waals surface area (Å²) in [7, 11) is 0. The Kier molecular flexibility index (Phi) is 6.44. The molecule has 1 aliphatic heterocycles. The Morgan fingerprint density at radius 2 is 1.84 bits per heavy atom. The summed E-state index contributed by atoms with van der Waals surface area (Å²) in [6, 6.07) is 14.5. The number of hydrogen-bond donors (Lipinski definition) is 1. The van der Waals surface area contributed by atoms with Gasteiger partial charge in [0.1, 0.15) is 5.00 Å². The van der Waals surface area contributed by atoms with Crippen molar-refractivity contribution in [2.24, 2.45) is 0 Å². The van der Waals surface area contributed by atoms with Gasteiger partial charge in [0, 0.05) is 36.6 Å². The number of hydrogen-bond acceptors (Lipinski definition) is 5. The summed E-state index contributed by atoms with van der Waals surface area (Å²) < 4.78 is 5.37. The first kappa shape index (κ1) is 21.4. The molecule has 1 N–H and O–H groups in total. The molecule has 5 rings (SSSR count). The Morgan fingerprint density at radius 1 is 1.06 bits per heavy atom. The van der Waals surface area contributed by atoms with Crippen molar-refractivity contribution in [1.29, 1.82) is 0 Å². The van der Waals surface area contributed by atoms with E-state index in [9.17, 15) is 4.79 Å². The van der Waals surface area contributed by atoms with Crippen LogP contribution >= 0.6 is 11.3 Å². The summed E-state index contributed by atoms with van der Waals surface area (Å²) in [6.45, 7) is 7.57. The van der Waals surface area contributed by atoms with Gasteiger partial charge in [-0.2, -0.15) is 0 Å². The Balaban J connectivity index is 1.57. The number of anilines is 1. The van der Waals surface area contributed by atoms with Crippen LogP contribution in [0.1, 0.15) is 57.9 Å². The fourth-order valence-corrected chi connectivity index (χ4v) is 6.39. The highest BCUT2D eigenvalue weighted by atomic mass is 32.1. The van der Waals surface area contributed by atoms with Crippen LogP contribution in [-0.2, 0) is 12.8 Å². The molecular weight excluding hydrogens is 418 g/mol. The van der Waals surface area contributed by atoms with E-state index in [1.807, 2.05) is 0 Å². The minimum Gasteiger partial charge on any atom is -0.459 e. The van der Waals surface area contributed by atoms with Gasteiger partial charge in [0.15, 0.2) is 5.76 Å². The molecule has 32 heavy (non-hydrogen) atoms. The number of amides is 1. The number of benzene rings is 1. The second-order valence-corrected chi connectivity index (χ2v) is 9.77. The molecule has 1 fully saturated rings. The predicted octanol–water partition coefficient (Wildman–Crippen LogP) is 5.20. The standard InChI is InChI=1S/C26H31N3O2S/c1-2-28-14-16-29(17-15-28)24(19-9-4-3-5-10-19)23-20-11-6-7-13-22(20)32-26(23)27-25(30)21-12-8-18-31-21/h3-5,8-10,12,18,24H,2,6-7,11,13-17H2,1H3,(H,27,30)/t24-/m0/s1. The average molecular weight is 450 g/mol. The van der Waals surface area contributed by atoms with E-state index in [4.69, 9.17) is 4.42 Å². The lowest BCUT2D eigenvalue weighted by Crippen LogP contribution is -2.47. The molecule has 2 aromatic heterocycles. The van der Waals surface area contributed by atoms with Crippen LogP contribution in [0.2, 0.25) is 0 Å². The van der Waals surface area contributed by atoms with Crippen molar-refractivity contribution in [2.45, 2.75) is 38.6 Å². The molecule has 3 heterocycles. The van der Waals surface area contributed by atoms with Gasteiger partial charge in [-0.15, -0.1) is 11.3 Å². The lowest BCUT2D eigenvalue weighted by Gasteiger charge is -2.40. The number of thiophene rings is 1. The number of rotatable bonds is 6. The summed E-state index contributed by atoms with van der Waals surface area (Å²) >= 11 is 1.77. The highest BCUT2D eigenvalue weighted by molar-refractivity contribution is 7.16. The molecule has 0 radical (unpaired) electrons. The molecule has 5 nitrogen and oxygen atoms in total. The highest BCUT2D eigenvalue weighted by Gasteiger charge is 2.33. The molecule has 6 heteroatoms. The lowest BCUT2D eigenvalue weighted by atomic mass is 9.88. The molecule has 1 aromatic carbocycles. The van der Waals surface area contributed by atoms with E-state index in [1.165, 1.54) is 34.4 Å². The van der Waals surface area contributed by atoms with E-state index < -0.39 is 0 Å². The average Bonchev–Trinajstić information content (AvgIpc) is 3.50. The lowest BCUT2D eigenvalue weighted by molar-refractivity contribution is 0.0995. The van der Waals surface area contributed by atoms with Crippen molar-refractivity contribution in [1.82, 2.24) is 9.80 Å². The summed E-state index contributed by atoms with van der Waals surface area (Å²) in [5.74, 6) is 0.188. The van der Waals surface area contributed by atoms with Crippen LogP contribution < -0.4 is 5.32 Å². The highest BCUT2D eigenvalue weighted by Crippen LogP contribution is 2.45. The third-order valence-corrected chi connectivity index (χ3v) is 8.02. The van der Waals surface area contributed by atoms with Gasteiger partial charge in [-0.1, -0.05) is 37.3 Å². The number of furan rings is 1. The van der Waals surface area contributed by atoms with Gasteiger partial charge >= 0.3 is 0 Å². The van der Waals surface area contributed by atoms with Crippen molar-refractivity contribution < 1.29 is 9.21 Å². The van der Waals surface area contributed by atoms with Crippen molar-refractivity contribution >= 4 is 22.2 Å². The van der Waals surface area contributed by atoms with Crippen LogP contribution in [-0.4, -0.2) is 48.4 Å². The molecule has 0 saturated carbocycles. The number of nitrogens with one attached hydrogen (secondary N) is 1. The van der Waals surface area contributed by atoms with Gasteiger partial charge in [0.05, 0.1) is 12.3 Å². The van der Waals surface area contributed by atoms with Crippen LogP contribution in [0.15, 0.2) is 53.1 Å². The number of likely N-dealkylation sites (N-methyl/N-ethyl adjacent to an activating group) is 1. The molecule has 1 aliphatic carbocycles. The minimum atomic E-state index is -0.169. The molecule has 0 unspecified atom stereocenters. The molecule has 2 aliphatic rings. The zero-order valence-electron chi connectivity index (χ0n) is 18.7. The maximum Gasteiger partial charge on any atom is 0.291 e. The van der Waals surface area contributed by atoms with E-state index >= 15 is 0 Å². The van der Waals surface area contributed by atoms with Crippen LogP contribution in [0.3, 0.4) is 0 Å². The number of piperazine rings is 1. The van der Waals surface area contributed by atoms with Gasteiger partial charge in [-0.3, -0.25) is 9.69 Å². The second-order valence-electron chi connectivity index (χ2n) is 8.67. The van der Waals surface area contributed by atoms with E-state index in [0.29, 0.717) is 5.76 Å². The Bertz CT molecular complexity index is 1040. The number of carbonyl (C=O) groups is 1. The molecule has 0 spiro atoms. The van der Waals surface area contributed by atoms with Gasteiger partial charge < -0.3 is 14.6 Å². The number of nitrogens with zero attached hydrogens (tertiary/aromatic N) is 2. The van der Waals surface area contributed by atoms with Gasteiger partial charge in [0.25, 0.3) is 5.91 Å². The monoisotopic (exact) mass is 449 g/mol. The van der Waals surface area contributed by atoms with Crippen LogP contribution in [0, 0.1) is 0 Å². The first-order chi connectivity index (χ1) is 15.7. The van der Waals surface area contributed by atoms with Crippen LogP contribution in [0.25, 0.3) is 0 Å². The molecule has 168 valence electrons. The van der Waals surface area contributed by atoms with E-state index in [0.717, 1.165) is 50.6 Å². The zero-order valence-corrected chi connectivity index (χ0v) is 19.5. The second kappa shape index (κ2) is 9.61. The number of fused-ring (bicyclic) bond motifs is 1. The SMILES string of the molecule is CCN1CCN([C@@H](c2ccccc2)c2c(NC(=O)c3ccco3)sc3c2CCCC3)CC1. The maximum absolute atomic E-state index is 12.9. The summed E-state index contributed by atoms with van der Waals surface area (Å²) in [4.78, 5) is 19.5. The fraction of sp³-hybridized carbons (Fsp3) is 0.423. The number of carbonyl (C=O) groups excluding carboxylic acids is 1. The van der Waals surface area contributed by atoms with Crippen LogP contribution in [0.4, 0.5) is 5.00 Å². The third kappa shape index (κ3) is 4.27. The Labute approximate surface area is 194 Å².